The van der Waals surface area contributed by atoms with E-state index in [-0.39, 0.29) is 24.4 Å². The van der Waals surface area contributed by atoms with Gasteiger partial charge >= 0.3 is 5.97 Å². The average molecular weight is 632 g/mol. The van der Waals surface area contributed by atoms with Crippen LogP contribution in [0.3, 0.4) is 0 Å². The minimum atomic E-state index is -0.138. The van der Waals surface area contributed by atoms with E-state index < -0.39 is 0 Å². The van der Waals surface area contributed by atoms with Crippen LogP contribution in [0.15, 0.2) is 109 Å². The maximum atomic E-state index is 12.2. The molecule has 44 heavy (non-hydrogen) atoms. The van der Waals surface area contributed by atoms with Crippen molar-refractivity contribution in [2.45, 2.75) is 24.9 Å². The molecule has 0 aromatic heterocycles. The Kier molecular flexibility index (Phi) is 11.5. The van der Waals surface area contributed by atoms with Crippen LogP contribution < -0.4 is 0 Å². The fourth-order valence-corrected chi connectivity index (χ4v) is 6.75. The highest BCUT2D eigenvalue weighted by Crippen LogP contribution is 2.35. The van der Waals surface area contributed by atoms with Crippen LogP contribution in [0.1, 0.15) is 34.1 Å². The number of carbonyl (C=O) groups is 1. The number of nitrogens with zero attached hydrogens (tertiary/aromatic N) is 2. The van der Waals surface area contributed by atoms with E-state index in [1.165, 1.54) is 23.8 Å². The second-order valence-corrected chi connectivity index (χ2v) is 12.6. The van der Waals surface area contributed by atoms with E-state index in [0.29, 0.717) is 16.9 Å². The molecule has 6 rings (SSSR count). The number of aliphatic hydroxyl groups is 1. The molecule has 0 unspecified atom stereocenters. The normalized spacial score (nSPS) is 21.9. The van der Waals surface area contributed by atoms with Gasteiger partial charge in [0.2, 0.25) is 0 Å². The summed E-state index contributed by atoms with van der Waals surface area (Å²) in [5.41, 5.74) is 4.99. The average Bonchev–Trinajstić information content (AvgIpc) is 3.67. The molecular formula is C37H40Cl2N2O3. The van der Waals surface area contributed by atoms with Crippen LogP contribution in [0, 0.1) is 11.8 Å². The van der Waals surface area contributed by atoms with Crippen molar-refractivity contribution < 1.29 is 14.6 Å². The van der Waals surface area contributed by atoms with Crippen molar-refractivity contribution in [1.29, 1.82) is 0 Å². The number of aliphatic hydroxyl groups excluding tert-OH is 1. The summed E-state index contributed by atoms with van der Waals surface area (Å²) in [6.07, 6.45) is 0. The van der Waals surface area contributed by atoms with Gasteiger partial charge in [0.1, 0.15) is 0 Å². The third-order valence-corrected chi connectivity index (χ3v) is 9.25. The molecule has 2 heterocycles. The summed E-state index contributed by atoms with van der Waals surface area (Å²) in [5, 5.41) is 11.2. The van der Waals surface area contributed by atoms with E-state index in [4.69, 9.17) is 27.9 Å². The highest BCUT2D eigenvalue weighted by Gasteiger charge is 2.39. The van der Waals surface area contributed by atoms with Crippen molar-refractivity contribution in [1.82, 2.24) is 9.80 Å². The third kappa shape index (κ3) is 8.50. The van der Waals surface area contributed by atoms with Gasteiger partial charge in [-0.25, -0.2) is 0 Å². The minimum Gasteiger partial charge on any atom is -0.469 e. The lowest BCUT2D eigenvalue weighted by molar-refractivity contribution is -0.145. The minimum absolute atomic E-state index is 0.134. The number of methoxy groups -OCH3 is 1. The first-order valence-electron chi connectivity index (χ1n) is 15.2. The maximum Gasteiger partial charge on any atom is 0.310 e. The van der Waals surface area contributed by atoms with Crippen LogP contribution in [-0.2, 0) is 22.6 Å². The molecule has 1 N–H and O–H groups in total. The van der Waals surface area contributed by atoms with Gasteiger partial charge in [-0.2, -0.15) is 0 Å². The zero-order valence-corrected chi connectivity index (χ0v) is 26.6. The first-order valence-corrected chi connectivity index (χ1v) is 15.9. The monoisotopic (exact) mass is 630 g/mol. The van der Waals surface area contributed by atoms with Gasteiger partial charge in [0.05, 0.1) is 13.0 Å². The van der Waals surface area contributed by atoms with E-state index in [1.54, 1.807) is 0 Å². The number of halogens is 2. The van der Waals surface area contributed by atoms with Crippen molar-refractivity contribution in [2.75, 3.05) is 39.9 Å². The summed E-state index contributed by atoms with van der Waals surface area (Å²) in [7, 11) is 1.46. The van der Waals surface area contributed by atoms with Gasteiger partial charge in [-0.15, -0.1) is 0 Å². The highest BCUT2D eigenvalue weighted by atomic mass is 35.5. The lowest BCUT2D eigenvalue weighted by Gasteiger charge is -2.17. The molecule has 0 saturated carbocycles. The smallest absolute Gasteiger partial charge is 0.310 e. The highest BCUT2D eigenvalue weighted by molar-refractivity contribution is 6.30. The molecule has 0 spiro atoms. The number of benzene rings is 4. The number of likely N-dealkylation sites (tertiary alicyclic amines) is 2. The van der Waals surface area contributed by atoms with Crippen molar-refractivity contribution >= 4 is 29.2 Å². The Bertz CT molecular complexity index is 1450. The quantitative estimate of drug-likeness (QED) is 0.207. The summed E-state index contributed by atoms with van der Waals surface area (Å²) >= 11 is 11.9. The van der Waals surface area contributed by atoms with E-state index in [0.717, 1.165) is 49.9 Å². The summed E-state index contributed by atoms with van der Waals surface area (Å²) < 4.78 is 5.02. The van der Waals surface area contributed by atoms with Gasteiger partial charge < -0.3 is 9.84 Å². The number of carbonyl (C=O) groups excluding carboxylic acids is 1. The Morgan fingerprint density at radius 1 is 0.682 bits per heavy atom. The number of rotatable bonds is 8. The van der Waals surface area contributed by atoms with Gasteiger partial charge in [0.15, 0.2) is 0 Å². The van der Waals surface area contributed by atoms with Gasteiger partial charge in [-0.3, -0.25) is 14.6 Å². The molecular weight excluding hydrogens is 591 g/mol. The number of hydrogen-bond acceptors (Lipinski definition) is 5. The molecule has 0 bridgehead atoms. The number of hydrogen-bond donors (Lipinski definition) is 1. The van der Waals surface area contributed by atoms with Crippen molar-refractivity contribution in [2.24, 2.45) is 11.8 Å². The lowest BCUT2D eigenvalue weighted by atomic mass is 9.89. The molecule has 0 amide bonds. The number of ether oxygens (including phenoxy) is 1. The van der Waals surface area contributed by atoms with Gasteiger partial charge in [-0.1, -0.05) is 108 Å². The summed E-state index contributed by atoms with van der Waals surface area (Å²) in [6, 6.07) is 36.6. The molecule has 2 fully saturated rings. The van der Waals surface area contributed by atoms with Gasteiger partial charge in [0.25, 0.3) is 0 Å². The molecule has 4 aromatic rings. The van der Waals surface area contributed by atoms with Crippen LogP contribution in [0.25, 0.3) is 0 Å². The Morgan fingerprint density at radius 2 is 1.14 bits per heavy atom. The Labute approximate surface area is 271 Å². The molecule has 0 aliphatic carbocycles. The van der Waals surface area contributed by atoms with Crippen LogP contribution in [0.5, 0.6) is 0 Å². The lowest BCUT2D eigenvalue weighted by Crippen LogP contribution is -2.24. The Morgan fingerprint density at radius 3 is 1.61 bits per heavy atom. The van der Waals surface area contributed by atoms with Crippen LogP contribution >= 0.6 is 23.2 Å². The zero-order valence-electron chi connectivity index (χ0n) is 25.1. The number of esters is 1. The van der Waals surface area contributed by atoms with Crippen LogP contribution in [-0.4, -0.2) is 60.8 Å². The van der Waals surface area contributed by atoms with Gasteiger partial charge in [-0.05, 0) is 46.5 Å². The van der Waals surface area contributed by atoms with Crippen molar-refractivity contribution in [3.05, 3.63) is 141 Å². The van der Waals surface area contributed by atoms with E-state index >= 15 is 0 Å². The van der Waals surface area contributed by atoms with Crippen LogP contribution in [0.4, 0.5) is 0 Å². The molecule has 230 valence electrons. The fraction of sp³-hybridized carbons (Fsp3) is 0.324. The molecule has 2 aliphatic heterocycles. The molecule has 2 aliphatic rings. The SMILES string of the molecule is COC(=O)[C@H]1CN(Cc2ccccc2)C[C@@H]1c1ccc(Cl)cc1.OC[C@H]1CN(Cc2ccccc2)C[C@@H]1c1ccc(Cl)cc1. The van der Waals surface area contributed by atoms with E-state index in [9.17, 15) is 9.90 Å². The predicted octanol–water partition coefficient (Wildman–Crippen LogP) is 7.28. The molecule has 7 heteroatoms. The van der Waals surface area contributed by atoms with E-state index in [1.807, 2.05) is 60.7 Å². The first-order chi connectivity index (χ1) is 21.4. The maximum absolute atomic E-state index is 12.2. The second-order valence-electron chi connectivity index (χ2n) is 11.7. The van der Waals surface area contributed by atoms with Crippen molar-refractivity contribution in [3.63, 3.8) is 0 Å². The Hall–Kier alpha value is -3.19. The summed E-state index contributed by atoms with van der Waals surface area (Å²) in [4.78, 5) is 16.9. The molecule has 0 radical (unpaired) electrons. The largest absolute Gasteiger partial charge is 0.469 e. The fourth-order valence-electron chi connectivity index (χ4n) is 6.50. The van der Waals surface area contributed by atoms with Crippen LogP contribution in [0.2, 0.25) is 10.0 Å². The summed E-state index contributed by atoms with van der Waals surface area (Å²) in [5.74, 6) is 0.555. The predicted molar refractivity (Wildman–Crippen MR) is 178 cm³/mol. The second kappa shape index (κ2) is 15.7. The van der Waals surface area contributed by atoms with Gasteiger partial charge in [0, 0.05) is 73.7 Å². The standard InChI is InChI=1S/C19H20ClNO2.C18H20ClNO/c1-23-19(22)18-13-21(11-14-5-3-2-4-6-14)12-17(18)15-7-9-16(20)10-8-15;19-17-8-6-15(7-9-17)18-12-20(11-16(18)13-21)10-14-4-2-1-3-5-14/h2-10,17-18H,11-13H2,1H3;1-9,16,18,21H,10-13H2/t17-,18+;16-,18-/m11/s1. The summed E-state index contributed by atoms with van der Waals surface area (Å²) in [6.45, 7) is 5.52. The third-order valence-electron chi connectivity index (χ3n) is 8.74. The van der Waals surface area contributed by atoms with Crippen molar-refractivity contribution in [3.8, 4) is 0 Å². The molecule has 5 nitrogen and oxygen atoms in total. The zero-order chi connectivity index (χ0) is 30.9. The first kappa shape index (κ1) is 32.2. The Balaban J connectivity index is 0.000000175. The molecule has 4 atom stereocenters. The van der Waals surface area contributed by atoms with E-state index in [2.05, 4.69) is 58.3 Å². The topological polar surface area (TPSA) is 53.0 Å². The molecule has 2 saturated heterocycles. The molecule has 4 aromatic carbocycles.